The van der Waals surface area contributed by atoms with Crippen LogP contribution in [0.4, 0.5) is 0 Å². The molecule has 0 amide bonds. The Bertz CT molecular complexity index is 344. The third-order valence-electron chi connectivity index (χ3n) is 2.93. The fourth-order valence-corrected chi connectivity index (χ4v) is 1.87. The molecule has 0 aliphatic carbocycles. The predicted molar refractivity (Wildman–Crippen MR) is 65.6 cm³/mol. The van der Waals surface area contributed by atoms with E-state index in [9.17, 15) is 0 Å². The van der Waals surface area contributed by atoms with Gasteiger partial charge in [0.25, 0.3) is 0 Å². The SMILES string of the molecule is CC(NC1COC(C)(C)OC1)c1cccnc1. The molecule has 17 heavy (non-hydrogen) atoms. The van der Waals surface area contributed by atoms with Crippen LogP contribution in [0.1, 0.15) is 32.4 Å². The van der Waals surface area contributed by atoms with Gasteiger partial charge < -0.3 is 14.8 Å². The van der Waals surface area contributed by atoms with E-state index >= 15 is 0 Å². The van der Waals surface area contributed by atoms with Gasteiger partial charge in [-0.25, -0.2) is 0 Å². The molecule has 1 aliphatic rings. The summed E-state index contributed by atoms with van der Waals surface area (Å²) in [5.41, 5.74) is 1.18. The molecule has 1 fully saturated rings. The number of ether oxygens (including phenoxy) is 2. The number of hydrogen-bond acceptors (Lipinski definition) is 4. The van der Waals surface area contributed by atoms with Crippen molar-refractivity contribution in [3.8, 4) is 0 Å². The van der Waals surface area contributed by atoms with Crippen LogP contribution in [0.5, 0.6) is 0 Å². The molecule has 0 spiro atoms. The molecule has 1 unspecified atom stereocenters. The first kappa shape index (κ1) is 12.5. The fourth-order valence-electron chi connectivity index (χ4n) is 1.87. The van der Waals surface area contributed by atoms with Crippen molar-refractivity contribution in [3.05, 3.63) is 30.1 Å². The van der Waals surface area contributed by atoms with E-state index in [0.717, 1.165) is 0 Å². The zero-order valence-electron chi connectivity index (χ0n) is 10.6. The van der Waals surface area contributed by atoms with Crippen molar-refractivity contribution in [2.75, 3.05) is 13.2 Å². The molecular weight excluding hydrogens is 216 g/mol. The van der Waals surface area contributed by atoms with Gasteiger partial charge in [0.15, 0.2) is 5.79 Å². The molecule has 4 heteroatoms. The second kappa shape index (κ2) is 5.12. The predicted octanol–water partition coefficient (Wildman–Crippen LogP) is 1.88. The average molecular weight is 236 g/mol. The summed E-state index contributed by atoms with van der Waals surface area (Å²) in [6.07, 6.45) is 3.66. The van der Waals surface area contributed by atoms with E-state index in [1.807, 2.05) is 26.1 Å². The summed E-state index contributed by atoms with van der Waals surface area (Å²) < 4.78 is 11.2. The molecule has 1 N–H and O–H groups in total. The highest BCUT2D eigenvalue weighted by Gasteiger charge is 2.28. The minimum absolute atomic E-state index is 0.234. The van der Waals surface area contributed by atoms with Gasteiger partial charge in [0.2, 0.25) is 0 Å². The van der Waals surface area contributed by atoms with E-state index in [-0.39, 0.29) is 12.1 Å². The topological polar surface area (TPSA) is 43.4 Å². The Kier molecular flexibility index (Phi) is 3.76. The van der Waals surface area contributed by atoms with Gasteiger partial charge >= 0.3 is 0 Å². The average Bonchev–Trinajstić information content (AvgIpc) is 2.33. The van der Waals surface area contributed by atoms with Crippen LogP contribution in [-0.4, -0.2) is 30.0 Å². The molecule has 0 bridgehead atoms. The van der Waals surface area contributed by atoms with Crippen LogP contribution in [0.3, 0.4) is 0 Å². The number of hydrogen-bond donors (Lipinski definition) is 1. The summed E-state index contributed by atoms with van der Waals surface area (Å²) in [7, 11) is 0. The van der Waals surface area contributed by atoms with E-state index in [2.05, 4.69) is 23.3 Å². The lowest BCUT2D eigenvalue weighted by atomic mass is 10.1. The lowest BCUT2D eigenvalue weighted by molar-refractivity contribution is -0.253. The van der Waals surface area contributed by atoms with Gasteiger partial charge in [0, 0.05) is 18.4 Å². The van der Waals surface area contributed by atoms with Crippen LogP contribution < -0.4 is 5.32 Å². The van der Waals surface area contributed by atoms with Crippen molar-refractivity contribution < 1.29 is 9.47 Å². The summed E-state index contributed by atoms with van der Waals surface area (Å²) in [6.45, 7) is 7.35. The number of nitrogens with one attached hydrogen (secondary N) is 1. The lowest BCUT2D eigenvalue weighted by Gasteiger charge is -2.36. The maximum absolute atomic E-state index is 5.61. The van der Waals surface area contributed by atoms with Crippen LogP contribution in [0.15, 0.2) is 24.5 Å². The molecule has 2 rings (SSSR count). The van der Waals surface area contributed by atoms with Crippen LogP contribution in [0.2, 0.25) is 0 Å². The van der Waals surface area contributed by atoms with E-state index in [1.165, 1.54) is 5.56 Å². The number of aromatic nitrogens is 1. The smallest absolute Gasteiger partial charge is 0.162 e. The van der Waals surface area contributed by atoms with Gasteiger partial charge in [-0.2, -0.15) is 0 Å². The highest BCUT2D eigenvalue weighted by molar-refractivity contribution is 5.13. The molecule has 1 aromatic rings. The van der Waals surface area contributed by atoms with E-state index in [1.54, 1.807) is 6.20 Å². The molecule has 4 nitrogen and oxygen atoms in total. The van der Waals surface area contributed by atoms with Gasteiger partial charge in [0.1, 0.15) is 0 Å². The Morgan fingerprint density at radius 1 is 1.41 bits per heavy atom. The number of rotatable bonds is 3. The third kappa shape index (κ3) is 3.49. The first-order valence-electron chi connectivity index (χ1n) is 6.01. The minimum atomic E-state index is -0.449. The van der Waals surface area contributed by atoms with Gasteiger partial charge in [-0.3, -0.25) is 4.98 Å². The Morgan fingerprint density at radius 3 is 2.71 bits per heavy atom. The normalized spacial score (nSPS) is 22.3. The monoisotopic (exact) mass is 236 g/mol. The molecule has 1 atom stereocenters. The van der Waals surface area contributed by atoms with Crippen molar-refractivity contribution in [3.63, 3.8) is 0 Å². The summed E-state index contributed by atoms with van der Waals surface area (Å²) in [5, 5.41) is 3.48. The zero-order valence-corrected chi connectivity index (χ0v) is 10.6. The molecule has 1 aliphatic heterocycles. The molecule has 0 saturated carbocycles. The lowest BCUT2D eigenvalue weighted by Crippen LogP contribution is -2.49. The van der Waals surface area contributed by atoms with Crippen molar-refractivity contribution >= 4 is 0 Å². The van der Waals surface area contributed by atoms with Crippen molar-refractivity contribution in [1.29, 1.82) is 0 Å². The number of pyridine rings is 1. The third-order valence-corrected chi connectivity index (χ3v) is 2.93. The largest absolute Gasteiger partial charge is 0.349 e. The fraction of sp³-hybridized carbons (Fsp3) is 0.615. The first-order valence-corrected chi connectivity index (χ1v) is 6.01. The molecule has 1 aromatic heterocycles. The summed E-state index contributed by atoms with van der Waals surface area (Å²) in [5.74, 6) is -0.449. The van der Waals surface area contributed by atoms with E-state index in [0.29, 0.717) is 13.2 Å². The second-order valence-corrected chi connectivity index (χ2v) is 4.89. The molecule has 1 saturated heterocycles. The standard InChI is InChI=1S/C13H20N2O2/c1-10(11-5-4-6-14-7-11)15-12-8-16-13(2,3)17-9-12/h4-7,10,12,15H,8-9H2,1-3H3. The van der Waals surface area contributed by atoms with Gasteiger partial charge in [0.05, 0.1) is 19.3 Å². The Hall–Kier alpha value is -0.970. The summed E-state index contributed by atoms with van der Waals surface area (Å²) in [6, 6.07) is 4.50. The molecular formula is C13H20N2O2. The van der Waals surface area contributed by atoms with Crippen LogP contribution in [0, 0.1) is 0 Å². The first-order chi connectivity index (χ1) is 8.07. The van der Waals surface area contributed by atoms with Gasteiger partial charge in [-0.05, 0) is 32.4 Å². The van der Waals surface area contributed by atoms with E-state index in [4.69, 9.17) is 9.47 Å². The number of nitrogens with zero attached hydrogens (tertiary/aromatic N) is 1. The van der Waals surface area contributed by atoms with Crippen LogP contribution in [-0.2, 0) is 9.47 Å². The Morgan fingerprint density at radius 2 is 2.12 bits per heavy atom. The second-order valence-electron chi connectivity index (χ2n) is 4.89. The molecule has 2 heterocycles. The zero-order chi connectivity index (χ0) is 12.3. The Balaban J connectivity index is 1.86. The molecule has 94 valence electrons. The summed E-state index contributed by atoms with van der Waals surface area (Å²) >= 11 is 0. The molecule has 0 radical (unpaired) electrons. The van der Waals surface area contributed by atoms with Crippen molar-refractivity contribution in [2.24, 2.45) is 0 Å². The summed E-state index contributed by atoms with van der Waals surface area (Å²) in [4.78, 5) is 4.12. The highest BCUT2D eigenvalue weighted by atomic mass is 16.7. The van der Waals surface area contributed by atoms with Gasteiger partial charge in [-0.15, -0.1) is 0 Å². The van der Waals surface area contributed by atoms with E-state index < -0.39 is 5.79 Å². The maximum atomic E-state index is 5.61. The Labute approximate surface area is 102 Å². The van der Waals surface area contributed by atoms with Gasteiger partial charge in [-0.1, -0.05) is 6.07 Å². The minimum Gasteiger partial charge on any atom is -0.349 e. The van der Waals surface area contributed by atoms with Crippen LogP contribution >= 0.6 is 0 Å². The maximum Gasteiger partial charge on any atom is 0.162 e. The quantitative estimate of drug-likeness (QED) is 0.870. The van der Waals surface area contributed by atoms with Crippen molar-refractivity contribution in [2.45, 2.75) is 38.6 Å². The highest BCUT2D eigenvalue weighted by Crippen LogP contribution is 2.19. The molecule has 0 aromatic carbocycles. The van der Waals surface area contributed by atoms with Crippen LogP contribution in [0.25, 0.3) is 0 Å². The van der Waals surface area contributed by atoms with Crippen molar-refractivity contribution in [1.82, 2.24) is 10.3 Å².